The molecular weight excluding hydrogens is 264 g/mol. The van der Waals surface area contributed by atoms with Gasteiger partial charge in [0.2, 0.25) is 12.2 Å². The predicted octanol–water partition coefficient (Wildman–Crippen LogP) is 4.44. The van der Waals surface area contributed by atoms with E-state index >= 15 is 0 Å². The van der Waals surface area contributed by atoms with Crippen LogP contribution in [0.4, 0.5) is 0 Å². The van der Waals surface area contributed by atoms with Gasteiger partial charge in [0.1, 0.15) is 0 Å². The zero-order valence-electron chi connectivity index (χ0n) is 13.9. The van der Waals surface area contributed by atoms with Gasteiger partial charge < -0.3 is 0 Å². The van der Waals surface area contributed by atoms with Crippen LogP contribution >= 0.6 is 0 Å². The number of unbranched alkanes of at least 4 members (excludes halogenated alkanes) is 5. The van der Waals surface area contributed by atoms with Gasteiger partial charge >= 0.3 is 0 Å². The van der Waals surface area contributed by atoms with Crippen LogP contribution in [-0.2, 0) is 9.59 Å². The Kier molecular flexibility index (Phi) is 11.8. The zero-order chi connectivity index (χ0) is 16.0. The van der Waals surface area contributed by atoms with Crippen molar-refractivity contribution < 1.29 is 9.59 Å². The van der Waals surface area contributed by atoms with E-state index in [0.717, 1.165) is 19.3 Å². The van der Waals surface area contributed by atoms with E-state index in [9.17, 15) is 9.59 Å². The molecule has 0 rings (SSSR count). The monoisotopic (exact) mass is 294 g/mol. The maximum Gasteiger partial charge on any atom is 0.234 e. The lowest BCUT2D eigenvalue weighted by Crippen LogP contribution is -2.22. The Bertz CT molecular complexity index is 354. The van der Waals surface area contributed by atoms with Gasteiger partial charge in [0.25, 0.3) is 0 Å². The second kappa shape index (κ2) is 12.5. The Morgan fingerprint density at radius 2 is 1.38 bits per heavy atom. The average Bonchev–Trinajstić information content (AvgIpc) is 2.45. The van der Waals surface area contributed by atoms with Gasteiger partial charge in [-0.1, -0.05) is 59.3 Å². The fraction of sp³-hybridized carbons (Fsp3) is 0.882. The molecule has 0 saturated heterocycles. The summed E-state index contributed by atoms with van der Waals surface area (Å²) in [5, 5.41) is 0. The minimum Gasteiger partial charge on any atom is -0.211 e. The summed E-state index contributed by atoms with van der Waals surface area (Å²) in [5.41, 5.74) is 0.229. The van der Waals surface area contributed by atoms with Crippen LogP contribution in [0.15, 0.2) is 9.98 Å². The van der Waals surface area contributed by atoms with E-state index in [1.165, 1.54) is 32.1 Å². The molecular formula is C17H30N2O2. The van der Waals surface area contributed by atoms with Crippen LogP contribution in [0.5, 0.6) is 0 Å². The minimum atomic E-state index is 0.229. The molecule has 0 bridgehead atoms. The van der Waals surface area contributed by atoms with E-state index in [0.29, 0.717) is 19.0 Å². The number of hydrogen-bond donors (Lipinski definition) is 0. The third-order valence-electron chi connectivity index (χ3n) is 4.49. The van der Waals surface area contributed by atoms with E-state index in [1.807, 2.05) is 0 Å². The van der Waals surface area contributed by atoms with Crippen molar-refractivity contribution in [1.29, 1.82) is 0 Å². The fourth-order valence-corrected chi connectivity index (χ4v) is 2.42. The van der Waals surface area contributed by atoms with Crippen molar-refractivity contribution in [2.24, 2.45) is 21.3 Å². The molecule has 0 aliphatic rings. The topological polar surface area (TPSA) is 58.9 Å². The van der Waals surface area contributed by atoms with Gasteiger partial charge in [0.05, 0.1) is 13.1 Å². The lowest BCUT2D eigenvalue weighted by molar-refractivity contribution is 0.199. The van der Waals surface area contributed by atoms with Gasteiger partial charge in [-0.2, -0.15) is 0 Å². The first-order valence-corrected chi connectivity index (χ1v) is 8.12. The molecule has 0 heterocycles. The molecule has 0 aromatic rings. The van der Waals surface area contributed by atoms with Crippen molar-refractivity contribution in [1.82, 2.24) is 0 Å². The van der Waals surface area contributed by atoms with Gasteiger partial charge in [-0.05, 0) is 24.2 Å². The van der Waals surface area contributed by atoms with Crippen molar-refractivity contribution in [2.45, 2.75) is 72.1 Å². The molecule has 0 spiro atoms. The maximum absolute atomic E-state index is 10.1. The van der Waals surface area contributed by atoms with E-state index < -0.39 is 0 Å². The van der Waals surface area contributed by atoms with Crippen molar-refractivity contribution in [2.75, 3.05) is 13.1 Å². The van der Waals surface area contributed by atoms with Crippen LogP contribution in [0, 0.1) is 11.3 Å². The molecule has 0 radical (unpaired) electrons. The summed E-state index contributed by atoms with van der Waals surface area (Å²) >= 11 is 0. The van der Waals surface area contributed by atoms with E-state index in [1.54, 1.807) is 12.2 Å². The molecule has 0 fully saturated rings. The average molecular weight is 294 g/mol. The summed E-state index contributed by atoms with van der Waals surface area (Å²) in [4.78, 5) is 27.2. The number of aliphatic imine (C=N–C) groups is 2. The number of rotatable bonds is 13. The summed E-state index contributed by atoms with van der Waals surface area (Å²) in [6, 6.07) is 0. The molecule has 4 heteroatoms. The van der Waals surface area contributed by atoms with Gasteiger partial charge in [-0.15, -0.1) is 0 Å². The van der Waals surface area contributed by atoms with Crippen LogP contribution in [0.2, 0.25) is 0 Å². The standard InChI is InChI=1S/C17H30N2O2/c1-16(17(2,3)11-13-19-15-21)10-8-6-4-5-7-9-12-18-14-20/h16H,4-13H2,1-3H3. The minimum absolute atomic E-state index is 0.229. The van der Waals surface area contributed by atoms with Crippen molar-refractivity contribution >= 4 is 12.2 Å². The highest BCUT2D eigenvalue weighted by Crippen LogP contribution is 2.34. The highest BCUT2D eigenvalue weighted by Gasteiger charge is 2.24. The van der Waals surface area contributed by atoms with Crippen LogP contribution in [0.25, 0.3) is 0 Å². The van der Waals surface area contributed by atoms with E-state index in [-0.39, 0.29) is 5.41 Å². The predicted molar refractivity (Wildman–Crippen MR) is 85.9 cm³/mol. The quantitative estimate of drug-likeness (QED) is 0.286. The highest BCUT2D eigenvalue weighted by atomic mass is 16.1. The molecule has 0 N–H and O–H groups in total. The van der Waals surface area contributed by atoms with Crippen molar-refractivity contribution in [3.63, 3.8) is 0 Å². The Balaban J connectivity index is 3.61. The van der Waals surface area contributed by atoms with Crippen LogP contribution in [-0.4, -0.2) is 25.2 Å². The molecule has 0 amide bonds. The summed E-state index contributed by atoms with van der Waals surface area (Å²) in [6.45, 7) is 8.02. The number of carbonyl (C=O) groups excluding carboxylic acids is 2. The van der Waals surface area contributed by atoms with Gasteiger partial charge in [-0.25, -0.2) is 19.6 Å². The Morgan fingerprint density at radius 3 is 2.00 bits per heavy atom. The highest BCUT2D eigenvalue weighted by molar-refractivity contribution is 5.32. The second-order valence-electron chi connectivity index (χ2n) is 6.50. The molecule has 0 aromatic carbocycles. The van der Waals surface area contributed by atoms with Gasteiger partial charge in [-0.3, -0.25) is 0 Å². The first-order valence-electron chi connectivity index (χ1n) is 8.12. The molecule has 1 unspecified atom stereocenters. The van der Waals surface area contributed by atoms with Crippen molar-refractivity contribution in [3.05, 3.63) is 0 Å². The lowest BCUT2D eigenvalue weighted by Gasteiger charge is -2.31. The first-order chi connectivity index (χ1) is 10.0. The van der Waals surface area contributed by atoms with Crippen LogP contribution in [0.1, 0.15) is 72.1 Å². The summed E-state index contributed by atoms with van der Waals surface area (Å²) in [6.07, 6.45) is 12.5. The van der Waals surface area contributed by atoms with E-state index in [4.69, 9.17) is 0 Å². The van der Waals surface area contributed by atoms with E-state index in [2.05, 4.69) is 30.8 Å². The number of isocyanates is 2. The number of nitrogens with zero attached hydrogens (tertiary/aromatic N) is 2. The third kappa shape index (κ3) is 11.1. The summed E-state index contributed by atoms with van der Waals surface area (Å²) in [7, 11) is 0. The molecule has 0 saturated carbocycles. The summed E-state index contributed by atoms with van der Waals surface area (Å²) in [5.74, 6) is 0.640. The smallest absolute Gasteiger partial charge is 0.211 e. The molecule has 0 aromatic heterocycles. The van der Waals surface area contributed by atoms with Crippen LogP contribution < -0.4 is 0 Å². The Hall–Kier alpha value is -1.24. The molecule has 1 atom stereocenters. The Labute approximate surface area is 129 Å². The molecule has 0 aliphatic carbocycles. The summed E-state index contributed by atoms with van der Waals surface area (Å²) < 4.78 is 0. The molecule has 4 nitrogen and oxygen atoms in total. The molecule has 0 aliphatic heterocycles. The first kappa shape index (κ1) is 19.8. The normalized spacial score (nSPS) is 12.3. The largest absolute Gasteiger partial charge is 0.234 e. The molecule has 120 valence electrons. The maximum atomic E-state index is 10.1. The molecule has 21 heavy (non-hydrogen) atoms. The zero-order valence-corrected chi connectivity index (χ0v) is 13.9. The lowest BCUT2D eigenvalue weighted by atomic mass is 9.75. The van der Waals surface area contributed by atoms with Gasteiger partial charge in [0.15, 0.2) is 0 Å². The second-order valence-corrected chi connectivity index (χ2v) is 6.50. The number of hydrogen-bond acceptors (Lipinski definition) is 4. The third-order valence-corrected chi connectivity index (χ3v) is 4.49. The fourth-order valence-electron chi connectivity index (χ4n) is 2.42. The van der Waals surface area contributed by atoms with Crippen LogP contribution in [0.3, 0.4) is 0 Å². The SMILES string of the molecule is CC(CCCCCCCCN=C=O)C(C)(C)CCN=C=O. The van der Waals surface area contributed by atoms with Gasteiger partial charge in [0, 0.05) is 0 Å². The van der Waals surface area contributed by atoms with Crippen molar-refractivity contribution in [3.8, 4) is 0 Å². The Morgan fingerprint density at radius 1 is 0.857 bits per heavy atom.